The Hall–Kier alpha value is -2.01. The topological polar surface area (TPSA) is 64.1 Å². The van der Waals surface area contributed by atoms with Gasteiger partial charge in [-0.3, -0.25) is 9.78 Å². The fraction of sp³-hybridized carbons (Fsp3) is 0.200. The highest BCUT2D eigenvalue weighted by molar-refractivity contribution is 7.90. The zero-order valence-electron chi connectivity index (χ0n) is 11.3. The molecule has 0 amide bonds. The smallest absolute Gasteiger partial charge is 0.175 e. The summed E-state index contributed by atoms with van der Waals surface area (Å²) in [4.78, 5) is 16.4. The molecule has 0 aliphatic carbocycles. The van der Waals surface area contributed by atoms with E-state index < -0.39 is 9.84 Å². The first-order valence-corrected chi connectivity index (χ1v) is 8.01. The maximum Gasteiger partial charge on any atom is 0.175 e. The van der Waals surface area contributed by atoms with Gasteiger partial charge in [-0.1, -0.05) is 18.2 Å². The lowest BCUT2D eigenvalue weighted by atomic mass is 10.0. The molecule has 0 aliphatic heterocycles. The van der Waals surface area contributed by atoms with Crippen molar-refractivity contribution < 1.29 is 13.2 Å². The van der Waals surface area contributed by atoms with Gasteiger partial charge in [-0.2, -0.15) is 0 Å². The molecular formula is C15H15NO3S. The molecule has 0 atom stereocenters. The van der Waals surface area contributed by atoms with Crippen molar-refractivity contribution in [2.45, 2.75) is 18.2 Å². The molecule has 104 valence electrons. The molecule has 0 saturated heterocycles. The van der Waals surface area contributed by atoms with Crippen molar-refractivity contribution in [2.75, 3.05) is 6.26 Å². The van der Waals surface area contributed by atoms with E-state index in [1.165, 1.54) is 12.3 Å². The summed E-state index contributed by atoms with van der Waals surface area (Å²) in [5.74, 6) is -0.145. The van der Waals surface area contributed by atoms with E-state index in [2.05, 4.69) is 4.98 Å². The van der Waals surface area contributed by atoms with Crippen LogP contribution < -0.4 is 0 Å². The fourth-order valence-electron chi connectivity index (χ4n) is 1.92. The molecular weight excluding hydrogens is 274 g/mol. The quantitative estimate of drug-likeness (QED) is 0.810. The molecule has 2 rings (SSSR count). The molecule has 1 aromatic carbocycles. The molecule has 0 unspecified atom stereocenters. The van der Waals surface area contributed by atoms with Crippen LogP contribution in [0, 0.1) is 6.92 Å². The van der Waals surface area contributed by atoms with E-state index in [9.17, 15) is 13.2 Å². The third kappa shape index (κ3) is 3.30. The molecule has 20 heavy (non-hydrogen) atoms. The zero-order valence-corrected chi connectivity index (χ0v) is 12.1. The van der Waals surface area contributed by atoms with Crippen molar-refractivity contribution >= 4 is 15.6 Å². The Kier molecular flexibility index (Phi) is 3.99. The Balaban J connectivity index is 2.31. The van der Waals surface area contributed by atoms with E-state index in [-0.39, 0.29) is 17.1 Å². The number of aromatic nitrogens is 1. The monoisotopic (exact) mass is 289 g/mol. The largest absolute Gasteiger partial charge is 0.294 e. The second-order valence-corrected chi connectivity index (χ2v) is 6.65. The van der Waals surface area contributed by atoms with Crippen molar-refractivity contribution in [1.29, 1.82) is 0 Å². The normalized spacial score (nSPS) is 11.3. The molecule has 0 bridgehead atoms. The molecule has 5 heteroatoms. The lowest BCUT2D eigenvalue weighted by Gasteiger charge is -2.07. The zero-order chi connectivity index (χ0) is 14.8. The Morgan fingerprint density at radius 1 is 1.15 bits per heavy atom. The summed E-state index contributed by atoms with van der Waals surface area (Å²) < 4.78 is 23.4. The van der Waals surface area contributed by atoms with Crippen molar-refractivity contribution in [3.8, 4) is 0 Å². The van der Waals surface area contributed by atoms with Gasteiger partial charge in [0.2, 0.25) is 0 Å². The maximum atomic E-state index is 12.2. The summed E-state index contributed by atoms with van der Waals surface area (Å²) >= 11 is 0. The second-order valence-electron chi connectivity index (χ2n) is 4.67. The number of rotatable bonds is 4. The van der Waals surface area contributed by atoms with E-state index in [1.54, 1.807) is 30.3 Å². The van der Waals surface area contributed by atoms with Crippen LogP contribution in [0.5, 0.6) is 0 Å². The molecule has 0 aliphatic rings. The van der Waals surface area contributed by atoms with Crippen LogP contribution in [0.1, 0.15) is 21.6 Å². The third-order valence-electron chi connectivity index (χ3n) is 2.96. The molecule has 4 nitrogen and oxygen atoms in total. The predicted molar refractivity (Wildman–Crippen MR) is 76.6 cm³/mol. The molecule has 0 spiro atoms. The van der Waals surface area contributed by atoms with E-state index in [0.717, 1.165) is 11.9 Å². The van der Waals surface area contributed by atoms with Crippen LogP contribution in [0.3, 0.4) is 0 Å². The van der Waals surface area contributed by atoms with Gasteiger partial charge < -0.3 is 0 Å². The SMILES string of the molecule is Cc1ccc(C(=O)Cc2ccccc2S(C)(=O)=O)cn1. The first kappa shape index (κ1) is 14.4. The first-order valence-electron chi connectivity index (χ1n) is 6.12. The molecule has 0 fully saturated rings. The Bertz CT molecular complexity index is 734. The first-order chi connectivity index (χ1) is 9.38. The van der Waals surface area contributed by atoms with Crippen LogP contribution in [0.4, 0.5) is 0 Å². The molecule has 0 radical (unpaired) electrons. The number of nitrogens with zero attached hydrogens (tertiary/aromatic N) is 1. The van der Waals surface area contributed by atoms with Gasteiger partial charge in [0.05, 0.1) is 4.90 Å². The van der Waals surface area contributed by atoms with Crippen molar-refractivity contribution in [1.82, 2.24) is 4.98 Å². The van der Waals surface area contributed by atoms with Crippen molar-refractivity contribution in [2.24, 2.45) is 0 Å². The second kappa shape index (κ2) is 5.54. The summed E-state index contributed by atoms with van der Waals surface area (Å²) in [6, 6.07) is 10.0. The number of benzene rings is 1. The van der Waals surface area contributed by atoms with Crippen molar-refractivity contribution in [3.05, 3.63) is 59.4 Å². The van der Waals surface area contributed by atoms with Crippen LogP contribution in [0.15, 0.2) is 47.5 Å². The van der Waals surface area contributed by atoms with E-state index in [4.69, 9.17) is 0 Å². The molecule has 0 N–H and O–H groups in total. The van der Waals surface area contributed by atoms with Gasteiger partial charge in [0.15, 0.2) is 15.6 Å². The highest BCUT2D eigenvalue weighted by atomic mass is 32.2. The number of pyridine rings is 1. The number of carbonyl (C=O) groups excluding carboxylic acids is 1. The molecule has 1 aromatic heterocycles. The van der Waals surface area contributed by atoms with Crippen LogP contribution >= 0.6 is 0 Å². The van der Waals surface area contributed by atoms with Gasteiger partial charge in [-0.25, -0.2) is 8.42 Å². The summed E-state index contributed by atoms with van der Waals surface area (Å²) in [5.41, 5.74) is 1.83. The van der Waals surface area contributed by atoms with Gasteiger partial charge >= 0.3 is 0 Å². The minimum atomic E-state index is -3.34. The molecule has 1 heterocycles. The summed E-state index contributed by atoms with van der Waals surface area (Å²) in [5, 5.41) is 0. The standard InChI is InChI=1S/C15H15NO3S/c1-11-7-8-13(10-16-11)14(17)9-12-5-3-4-6-15(12)20(2,18)19/h3-8,10H,9H2,1-2H3. The average Bonchev–Trinajstić information content (AvgIpc) is 2.38. The highest BCUT2D eigenvalue weighted by Gasteiger charge is 2.16. The van der Waals surface area contributed by atoms with Gasteiger partial charge in [0.25, 0.3) is 0 Å². The van der Waals surface area contributed by atoms with Crippen molar-refractivity contribution in [3.63, 3.8) is 0 Å². The number of ketones is 1. The Morgan fingerprint density at radius 3 is 2.45 bits per heavy atom. The van der Waals surface area contributed by atoms with E-state index in [1.807, 2.05) is 6.92 Å². The van der Waals surface area contributed by atoms with Crippen LogP contribution in [-0.4, -0.2) is 25.4 Å². The molecule has 2 aromatic rings. The molecule has 0 saturated carbocycles. The highest BCUT2D eigenvalue weighted by Crippen LogP contribution is 2.17. The minimum Gasteiger partial charge on any atom is -0.294 e. The predicted octanol–water partition coefficient (Wildman–Crippen LogP) is 2.22. The van der Waals surface area contributed by atoms with Crippen LogP contribution in [-0.2, 0) is 16.3 Å². The number of hydrogen-bond acceptors (Lipinski definition) is 4. The number of Topliss-reactive ketones (excluding diaryl/α,β-unsaturated/α-hetero) is 1. The lowest BCUT2D eigenvalue weighted by molar-refractivity contribution is 0.0992. The number of hydrogen-bond donors (Lipinski definition) is 0. The van der Waals surface area contributed by atoms with Gasteiger partial charge in [0, 0.05) is 30.1 Å². The summed E-state index contributed by atoms with van der Waals surface area (Å²) in [7, 11) is -3.34. The summed E-state index contributed by atoms with van der Waals surface area (Å²) in [6.45, 7) is 1.84. The average molecular weight is 289 g/mol. The number of sulfone groups is 1. The van der Waals surface area contributed by atoms with Crippen LogP contribution in [0.25, 0.3) is 0 Å². The van der Waals surface area contributed by atoms with Crippen LogP contribution in [0.2, 0.25) is 0 Å². The Morgan fingerprint density at radius 2 is 1.85 bits per heavy atom. The van der Waals surface area contributed by atoms with E-state index in [0.29, 0.717) is 11.1 Å². The third-order valence-corrected chi connectivity index (χ3v) is 4.15. The van der Waals surface area contributed by atoms with E-state index >= 15 is 0 Å². The summed E-state index contributed by atoms with van der Waals surface area (Å²) in [6.07, 6.45) is 2.71. The minimum absolute atomic E-state index is 0.0496. The van der Waals surface area contributed by atoms with Gasteiger partial charge in [-0.15, -0.1) is 0 Å². The van der Waals surface area contributed by atoms with Gasteiger partial charge in [-0.05, 0) is 30.7 Å². The Labute approximate surface area is 118 Å². The maximum absolute atomic E-state index is 12.2. The number of carbonyl (C=O) groups is 1. The van der Waals surface area contributed by atoms with Gasteiger partial charge in [0.1, 0.15) is 0 Å². The fourth-order valence-corrected chi connectivity index (χ4v) is 2.86. The number of aryl methyl sites for hydroxylation is 1. The lowest BCUT2D eigenvalue weighted by Crippen LogP contribution is -2.09.